The van der Waals surface area contributed by atoms with Gasteiger partial charge in [-0.2, -0.15) is 4.98 Å². The monoisotopic (exact) mass is 536 g/mol. The van der Waals surface area contributed by atoms with Crippen molar-refractivity contribution >= 4 is 58.7 Å². The van der Waals surface area contributed by atoms with Crippen molar-refractivity contribution in [2.75, 3.05) is 41.4 Å². The Balaban J connectivity index is 1.61. The van der Waals surface area contributed by atoms with Crippen molar-refractivity contribution in [1.29, 1.82) is 0 Å². The lowest BCUT2D eigenvalue weighted by Gasteiger charge is -2.35. The Kier molecular flexibility index (Phi) is 8.49. The van der Waals surface area contributed by atoms with Gasteiger partial charge in [-0.15, -0.1) is 0 Å². The Morgan fingerprint density at radius 1 is 1.32 bits per heavy atom. The van der Waals surface area contributed by atoms with E-state index in [1.54, 1.807) is 11.9 Å². The predicted molar refractivity (Wildman–Crippen MR) is 133 cm³/mol. The lowest BCUT2D eigenvalue weighted by molar-refractivity contribution is -0.158. The fourth-order valence-corrected chi connectivity index (χ4v) is 3.81. The van der Waals surface area contributed by atoms with Crippen molar-refractivity contribution in [3.63, 3.8) is 0 Å². The summed E-state index contributed by atoms with van der Waals surface area (Å²) in [5, 5.41) is 17.6. The minimum absolute atomic E-state index is 0.00866. The number of anilines is 4. The summed E-state index contributed by atoms with van der Waals surface area (Å²) in [7, 11) is 1.74. The number of carboxylic acid groups (broad SMARTS) is 1. The molecule has 0 aliphatic carbocycles. The molecule has 0 aromatic carbocycles. The number of fused-ring (bicyclic) bond motifs is 1. The van der Waals surface area contributed by atoms with Gasteiger partial charge in [-0.1, -0.05) is 11.6 Å². The minimum atomic E-state index is -1.42. The van der Waals surface area contributed by atoms with Crippen LogP contribution in [0.4, 0.5) is 23.3 Å². The number of halogens is 1. The van der Waals surface area contributed by atoms with Crippen molar-refractivity contribution in [1.82, 2.24) is 20.3 Å². The number of nitrogens with zero attached hydrogens (tertiary/aromatic N) is 3. The molecule has 1 aliphatic heterocycles. The maximum atomic E-state index is 12.6. The number of aromatic amines is 1. The Bertz CT molecular complexity index is 1280. The summed E-state index contributed by atoms with van der Waals surface area (Å²) in [6.07, 6.45) is -0.690. The maximum absolute atomic E-state index is 12.6. The first-order valence-electron chi connectivity index (χ1n) is 11.0. The molecule has 0 spiro atoms. The minimum Gasteiger partial charge on any atom is -0.480 e. The van der Waals surface area contributed by atoms with Crippen LogP contribution in [-0.4, -0.2) is 76.1 Å². The van der Waals surface area contributed by atoms with E-state index in [2.05, 4.69) is 35.6 Å². The number of H-pyrrole nitrogens is 1. The first kappa shape index (κ1) is 27.2. The third-order valence-corrected chi connectivity index (χ3v) is 5.72. The van der Waals surface area contributed by atoms with Gasteiger partial charge in [-0.25, -0.2) is 9.78 Å². The zero-order valence-corrected chi connectivity index (χ0v) is 20.6. The number of amides is 1. The van der Waals surface area contributed by atoms with Crippen molar-refractivity contribution in [2.24, 2.45) is 0 Å². The summed E-state index contributed by atoms with van der Waals surface area (Å²) in [6.45, 7) is 1.84. The molecule has 0 radical (unpaired) electrons. The van der Waals surface area contributed by atoms with Gasteiger partial charge in [0.25, 0.3) is 11.5 Å². The van der Waals surface area contributed by atoms with Crippen LogP contribution in [0, 0.1) is 0 Å². The standard InChI is InChI=1S/C21H25ClN8O7/c1-9(31)37-14(32)6-4-12(20(35)36)26-18(33)11-3-5-13(27-16(11)22)24-7-10-8-25-17-15(30(10)2)19(34)29-21(23)28-17/h3,5,10,12H,4,6-8H2,1-2H3,(H,24,27)(H,26,33)(H,35,36)(H4,23,25,28,29,34)/t10?,12-/m0/s1. The van der Waals surface area contributed by atoms with Crippen LogP contribution in [-0.2, 0) is 19.1 Å². The van der Waals surface area contributed by atoms with E-state index in [-0.39, 0.29) is 34.7 Å². The fraction of sp³-hybridized carbons (Fsp3) is 0.381. The Morgan fingerprint density at radius 2 is 2.05 bits per heavy atom. The van der Waals surface area contributed by atoms with E-state index in [9.17, 15) is 29.1 Å². The van der Waals surface area contributed by atoms with E-state index >= 15 is 0 Å². The van der Waals surface area contributed by atoms with E-state index < -0.39 is 36.3 Å². The first-order valence-corrected chi connectivity index (χ1v) is 11.4. The molecule has 16 heteroatoms. The SMILES string of the molecule is CC(=O)OC(=O)CC[C@H](NC(=O)c1ccc(NCC2CNc3nc(N)[nH]c(=O)c3N2C)nc1Cl)C(=O)O. The zero-order chi connectivity index (χ0) is 27.3. The van der Waals surface area contributed by atoms with E-state index in [0.29, 0.717) is 30.4 Å². The number of aliphatic carboxylic acids is 1. The molecule has 7 N–H and O–H groups in total. The molecule has 0 fully saturated rings. The molecule has 1 amide bonds. The highest BCUT2D eigenvalue weighted by Gasteiger charge is 2.28. The second-order valence-electron chi connectivity index (χ2n) is 8.08. The number of hydrogen-bond donors (Lipinski definition) is 6. The third kappa shape index (κ3) is 6.84. The van der Waals surface area contributed by atoms with Gasteiger partial charge >= 0.3 is 17.9 Å². The Labute approximate surface area is 214 Å². The number of ether oxygens (including phenoxy) is 1. The number of likely N-dealkylation sites (N-methyl/N-ethyl adjacent to an activating group) is 1. The number of rotatable bonds is 9. The van der Waals surface area contributed by atoms with Gasteiger partial charge in [0, 0.05) is 33.5 Å². The van der Waals surface area contributed by atoms with E-state index in [0.717, 1.165) is 6.92 Å². The van der Waals surface area contributed by atoms with Crippen molar-refractivity contribution in [2.45, 2.75) is 31.8 Å². The van der Waals surface area contributed by atoms with E-state index in [4.69, 9.17) is 17.3 Å². The molecule has 2 aromatic rings. The van der Waals surface area contributed by atoms with Crippen LogP contribution in [0.25, 0.3) is 0 Å². The summed E-state index contributed by atoms with van der Waals surface area (Å²) in [6, 6.07) is 1.26. The number of carbonyl (C=O) groups excluding carboxylic acids is 3. The molecule has 3 heterocycles. The average Bonchev–Trinajstić information content (AvgIpc) is 2.80. The summed E-state index contributed by atoms with van der Waals surface area (Å²) < 4.78 is 4.35. The molecule has 2 atom stereocenters. The van der Waals surface area contributed by atoms with Crippen LogP contribution >= 0.6 is 11.6 Å². The number of aromatic nitrogens is 3. The molecule has 1 aliphatic rings. The number of carboxylic acids is 1. The predicted octanol–water partition coefficient (Wildman–Crippen LogP) is -0.204. The molecule has 2 aromatic heterocycles. The van der Waals surface area contributed by atoms with Crippen LogP contribution in [0.3, 0.4) is 0 Å². The fourth-order valence-electron chi connectivity index (χ4n) is 3.57. The highest BCUT2D eigenvalue weighted by Crippen LogP contribution is 2.25. The number of carbonyl (C=O) groups is 4. The molecule has 1 unspecified atom stereocenters. The molecule has 0 saturated carbocycles. The topological polar surface area (TPSA) is 222 Å². The summed E-state index contributed by atoms with van der Waals surface area (Å²) in [5.41, 5.74) is 5.47. The summed E-state index contributed by atoms with van der Waals surface area (Å²) >= 11 is 6.17. The van der Waals surface area contributed by atoms with E-state index in [1.807, 2.05) is 0 Å². The third-order valence-electron chi connectivity index (χ3n) is 5.43. The molecule has 37 heavy (non-hydrogen) atoms. The van der Waals surface area contributed by atoms with Crippen molar-refractivity contribution < 1.29 is 29.0 Å². The van der Waals surface area contributed by atoms with Gasteiger partial charge in [-0.05, 0) is 18.6 Å². The molecule has 3 rings (SSSR count). The van der Waals surface area contributed by atoms with Crippen LogP contribution < -0.4 is 32.1 Å². The van der Waals surface area contributed by atoms with Crippen LogP contribution in [0.5, 0.6) is 0 Å². The second-order valence-corrected chi connectivity index (χ2v) is 8.44. The van der Waals surface area contributed by atoms with Gasteiger partial charge in [0.05, 0.1) is 11.6 Å². The van der Waals surface area contributed by atoms with Crippen LogP contribution in [0.1, 0.15) is 30.1 Å². The van der Waals surface area contributed by atoms with E-state index in [1.165, 1.54) is 12.1 Å². The first-order chi connectivity index (χ1) is 17.5. The van der Waals surface area contributed by atoms with Gasteiger partial charge in [0.2, 0.25) is 5.95 Å². The lowest BCUT2D eigenvalue weighted by atomic mass is 10.1. The van der Waals surface area contributed by atoms with Gasteiger partial charge in [0.1, 0.15) is 22.7 Å². The maximum Gasteiger partial charge on any atom is 0.326 e. The summed E-state index contributed by atoms with van der Waals surface area (Å²) in [5.74, 6) is -3.19. The van der Waals surface area contributed by atoms with Crippen LogP contribution in [0.2, 0.25) is 5.15 Å². The van der Waals surface area contributed by atoms with Gasteiger partial charge in [0.15, 0.2) is 5.82 Å². The number of esters is 2. The number of pyridine rings is 1. The highest BCUT2D eigenvalue weighted by atomic mass is 35.5. The van der Waals surface area contributed by atoms with Crippen molar-refractivity contribution in [3.8, 4) is 0 Å². The molecular weight excluding hydrogens is 512 g/mol. The van der Waals surface area contributed by atoms with Crippen LogP contribution in [0.15, 0.2) is 16.9 Å². The smallest absolute Gasteiger partial charge is 0.326 e. The molecule has 198 valence electrons. The summed E-state index contributed by atoms with van der Waals surface area (Å²) in [4.78, 5) is 71.1. The molecule has 15 nitrogen and oxygen atoms in total. The normalized spacial score (nSPS) is 15.1. The van der Waals surface area contributed by atoms with Crippen molar-refractivity contribution in [3.05, 3.63) is 33.2 Å². The van der Waals surface area contributed by atoms with Gasteiger partial charge in [-0.3, -0.25) is 24.2 Å². The number of nitrogen functional groups attached to an aromatic ring is 1. The average molecular weight is 537 g/mol. The number of nitrogens with two attached hydrogens (primary N) is 1. The second kappa shape index (κ2) is 11.6. The highest BCUT2D eigenvalue weighted by molar-refractivity contribution is 6.32. The number of nitrogens with one attached hydrogen (secondary N) is 4. The lowest BCUT2D eigenvalue weighted by Crippen LogP contribution is -2.48. The molecule has 0 saturated heterocycles. The van der Waals surface area contributed by atoms with Gasteiger partial charge < -0.3 is 36.4 Å². The zero-order valence-electron chi connectivity index (χ0n) is 19.8. The molecular formula is C21H25ClN8O7. The Hall–Kier alpha value is -4.40. The Morgan fingerprint density at radius 3 is 2.70 bits per heavy atom. The molecule has 0 bridgehead atoms. The number of hydrogen-bond acceptors (Lipinski definition) is 12. The quantitative estimate of drug-likeness (QED) is 0.139. The largest absolute Gasteiger partial charge is 0.480 e.